The Kier molecular flexibility index (Phi) is 4.68. The van der Waals surface area contributed by atoms with Crippen LogP contribution in [0.2, 0.25) is 0 Å². The smallest absolute Gasteiger partial charge is 0.308 e. The van der Waals surface area contributed by atoms with E-state index in [9.17, 15) is 14.7 Å². The number of fused-ring (bicyclic) bond motifs is 3. The maximum atomic E-state index is 13.2. The van der Waals surface area contributed by atoms with Crippen molar-refractivity contribution in [1.82, 2.24) is 15.1 Å². The highest BCUT2D eigenvalue weighted by Crippen LogP contribution is 2.48. The third-order valence-electron chi connectivity index (χ3n) is 7.84. The molecule has 152 valence electrons. The molecule has 4 unspecified atom stereocenters. The fourth-order valence-electron chi connectivity index (χ4n) is 6.51. The van der Waals surface area contributed by atoms with Gasteiger partial charge in [0.05, 0.1) is 12.0 Å². The number of carbonyl (C=O) groups is 2. The number of hydrogen-bond donors (Lipinski definition) is 2. The highest BCUT2D eigenvalue weighted by Gasteiger charge is 2.51. The molecule has 5 rings (SSSR count). The van der Waals surface area contributed by atoms with Crippen molar-refractivity contribution < 1.29 is 14.7 Å². The molecule has 6 heteroatoms. The van der Waals surface area contributed by atoms with Gasteiger partial charge in [-0.15, -0.1) is 0 Å². The van der Waals surface area contributed by atoms with Gasteiger partial charge in [-0.05, 0) is 69.6 Å². The minimum atomic E-state index is -0.757. The Labute approximate surface area is 166 Å². The number of carboxylic acids is 1. The Balaban J connectivity index is 1.42. The molecule has 2 N–H and O–H groups in total. The van der Waals surface area contributed by atoms with Crippen LogP contribution in [-0.4, -0.2) is 32.8 Å². The lowest BCUT2D eigenvalue weighted by Crippen LogP contribution is -2.47. The topological polar surface area (TPSA) is 84.2 Å². The molecule has 0 saturated heterocycles. The molecule has 1 aromatic rings. The lowest BCUT2D eigenvalue weighted by molar-refractivity contribution is -0.144. The van der Waals surface area contributed by atoms with Crippen LogP contribution in [0.3, 0.4) is 0 Å². The van der Waals surface area contributed by atoms with Gasteiger partial charge in [0.15, 0.2) is 5.69 Å². The largest absolute Gasteiger partial charge is 0.481 e. The number of carbonyl (C=O) groups excluding carboxylic acids is 1. The Hall–Kier alpha value is -1.85. The zero-order valence-corrected chi connectivity index (χ0v) is 16.5. The van der Waals surface area contributed by atoms with Gasteiger partial charge in [0.2, 0.25) is 0 Å². The maximum Gasteiger partial charge on any atom is 0.308 e. The minimum absolute atomic E-state index is 0.142. The molecule has 1 aromatic heterocycles. The number of carboxylic acid groups (broad SMARTS) is 1. The maximum absolute atomic E-state index is 13.2. The van der Waals surface area contributed by atoms with E-state index >= 15 is 0 Å². The summed E-state index contributed by atoms with van der Waals surface area (Å²) < 4.78 is 2.18. The van der Waals surface area contributed by atoms with Gasteiger partial charge in [0, 0.05) is 17.3 Å². The van der Waals surface area contributed by atoms with Crippen LogP contribution in [0, 0.1) is 17.8 Å². The summed E-state index contributed by atoms with van der Waals surface area (Å²) in [5.74, 6) is -0.796. The Morgan fingerprint density at radius 3 is 2.50 bits per heavy atom. The number of amides is 1. The first-order valence-corrected chi connectivity index (χ1v) is 11.3. The van der Waals surface area contributed by atoms with Crippen molar-refractivity contribution in [3.05, 3.63) is 17.0 Å². The molecule has 6 nitrogen and oxygen atoms in total. The minimum Gasteiger partial charge on any atom is -0.481 e. The van der Waals surface area contributed by atoms with E-state index < -0.39 is 11.9 Å². The van der Waals surface area contributed by atoms with Crippen LogP contribution in [0.15, 0.2) is 0 Å². The molecule has 3 saturated carbocycles. The van der Waals surface area contributed by atoms with Crippen molar-refractivity contribution in [3.8, 4) is 0 Å². The third-order valence-corrected chi connectivity index (χ3v) is 7.84. The van der Waals surface area contributed by atoms with Crippen LogP contribution in [-0.2, 0) is 17.6 Å². The Morgan fingerprint density at radius 1 is 0.964 bits per heavy atom. The number of nitrogens with one attached hydrogen (secondary N) is 1. The molecule has 1 amide bonds. The van der Waals surface area contributed by atoms with Crippen LogP contribution >= 0.6 is 0 Å². The van der Waals surface area contributed by atoms with Gasteiger partial charge in [-0.2, -0.15) is 5.10 Å². The van der Waals surface area contributed by atoms with Gasteiger partial charge in [0.1, 0.15) is 0 Å². The van der Waals surface area contributed by atoms with Crippen LogP contribution in [0.5, 0.6) is 0 Å². The van der Waals surface area contributed by atoms with E-state index in [1.165, 1.54) is 31.4 Å². The predicted molar refractivity (Wildman–Crippen MR) is 104 cm³/mol. The Bertz CT molecular complexity index is 780. The van der Waals surface area contributed by atoms with Crippen LogP contribution in [0.4, 0.5) is 0 Å². The molecule has 0 aromatic carbocycles. The van der Waals surface area contributed by atoms with E-state index in [2.05, 4.69) is 10.00 Å². The molecular weight excluding hydrogens is 354 g/mol. The molecule has 2 bridgehead atoms. The Morgan fingerprint density at radius 2 is 1.71 bits per heavy atom. The van der Waals surface area contributed by atoms with Crippen molar-refractivity contribution in [3.63, 3.8) is 0 Å². The van der Waals surface area contributed by atoms with Crippen molar-refractivity contribution >= 4 is 11.9 Å². The van der Waals surface area contributed by atoms with E-state index in [1.807, 2.05) is 0 Å². The zero-order valence-electron chi connectivity index (χ0n) is 16.5. The second-order valence-corrected chi connectivity index (χ2v) is 9.41. The van der Waals surface area contributed by atoms with E-state index in [-0.39, 0.29) is 17.9 Å². The normalized spacial score (nSPS) is 32.3. The molecule has 28 heavy (non-hydrogen) atoms. The first-order chi connectivity index (χ1) is 13.6. The average molecular weight is 386 g/mol. The summed E-state index contributed by atoms with van der Waals surface area (Å²) in [7, 11) is 0. The highest BCUT2D eigenvalue weighted by molar-refractivity contribution is 5.94. The fraction of sp³-hybridized carbons (Fsp3) is 0.773. The van der Waals surface area contributed by atoms with E-state index in [0.29, 0.717) is 17.7 Å². The van der Waals surface area contributed by atoms with Crippen molar-refractivity contribution in [2.75, 3.05) is 0 Å². The first-order valence-electron chi connectivity index (χ1n) is 11.3. The molecule has 0 aliphatic heterocycles. The number of aliphatic carboxylic acids is 1. The van der Waals surface area contributed by atoms with E-state index in [0.717, 1.165) is 56.9 Å². The van der Waals surface area contributed by atoms with Gasteiger partial charge >= 0.3 is 5.97 Å². The fourth-order valence-corrected chi connectivity index (χ4v) is 6.51. The molecular formula is C22H31N3O3. The monoisotopic (exact) mass is 385 g/mol. The number of aromatic nitrogens is 2. The van der Waals surface area contributed by atoms with Crippen LogP contribution in [0.1, 0.15) is 92.0 Å². The summed E-state index contributed by atoms with van der Waals surface area (Å²) in [6, 6.07) is 0.194. The summed E-state index contributed by atoms with van der Waals surface area (Å²) in [4.78, 5) is 25.0. The van der Waals surface area contributed by atoms with Crippen molar-refractivity contribution in [2.45, 2.75) is 89.1 Å². The van der Waals surface area contributed by atoms with Gasteiger partial charge < -0.3 is 10.4 Å². The van der Waals surface area contributed by atoms with Crippen molar-refractivity contribution in [2.24, 2.45) is 17.8 Å². The van der Waals surface area contributed by atoms with Gasteiger partial charge in [0.25, 0.3) is 5.91 Å². The van der Waals surface area contributed by atoms with Gasteiger partial charge in [-0.1, -0.05) is 19.3 Å². The summed E-state index contributed by atoms with van der Waals surface area (Å²) in [5, 5.41) is 17.7. The number of nitrogens with zero attached hydrogens (tertiary/aromatic N) is 2. The molecule has 4 atom stereocenters. The van der Waals surface area contributed by atoms with E-state index in [4.69, 9.17) is 5.10 Å². The standard InChI is InChI=1S/C22H31N3O3/c26-21(23-19-14-11-10-13(12-14)18(19)22(27)28)20-16-8-4-5-9-17(16)25(24-20)15-6-2-1-3-7-15/h13-15,18-19H,1-12H2,(H,23,26)(H,27,28). The second-order valence-electron chi connectivity index (χ2n) is 9.41. The SMILES string of the molecule is O=C(NC1C2CCC(C2)C1C(=O)O)c1nn(C2CCCCC2)c2c1CCCC2. The summed E-state index contributed by atoms with van der Waals surface area (Å²) >= 11 is 0. The molecule has 4 aliphatic carbocycles. The van der Waals surface area contributed by atoms with Crippen LogP contribution in [0.25, 0.3) is 0 Å². The van der Waals surface area contributed by atoms with Gasteiger partial charge in [-0.3, -0.25) is 14.3 Å². The predicted octanol–water partition coefficient (Wildman–Crippen LogP) is 3.50. The number of hydrogen-bond acceptors (Lipinski definition) is 3. The quantitative estimate of drug-likeness (QED) is 0.831. The lowest BCUT2D eigenvalue weighted by atomic mass is 9.84. The van der Waals surface area contributed by atoms with Crippen LogP contribution < -0.4 is 5.32 Å². The summed E-state index contributed by atoms with van der Waals surface area (Å²) in [6.45, 7) is 0. The molecule has 4 aliphatic rings. The molecule has 0 spiro atoms. The molecule has 1 heterocycles. The first kappa shape index (κ1) is 18.2. The average Bonchev–Trinajstić information content (AvgIpc) is 3.41. The lowest BCUT2D eigenvalue weighted by Gasteiger charge is -2.28. The molecule has 0 radical (unpaired) electrons. The van der Waals surface area contributed by atoms with Crippen molar-refractivity contribution in [1.29, 1.82) is 0 Å². The zero-order chi connectivity index (χ0) is 19.3. The van der Waals surface area contributed by atoms with Gasteiger partial charge in [-0.25, -0.2) is 0 Å². The van der Waals surface area contributed by atoms with E-state index in [1.54, 1.807) is 0 Å². The summed E-state index contributed by atoms with van der Waals surface area (Å²) in [5.41, 5.74) is 2.97. The molecule has 3 fully saturated rings. The summed E-state index contributed by atoms with van der Waals surface area (Å²) in [6.07, 6.45) is 13.3. The number of rotatable bonds is 4. The second kappa shape index (κ2) is 7.20. The third kappa shape index (κ3) is 2.96. The highest BCUT2D eigenvalue weighted by atomic mass is 16.4.